The maximum Gasteiger partial charge on any atom is 2.00 e. The Morgan fingerprint density at radius 3 is 1.29 bits per heavy atom. The average molecular weight is 531 g/mol. The van der Waals surface area contributed by atoms with Gasteiger partial charge in [-0.15, -0.1) is 0 Å². The number of carboxylic acids is 2. The predicted molar refractivity (Wildman–Crippen MR) is 145 cm³/mol. The van der Waals surface area contributed by atoms with Crippen LogP contribution in [-0.4, -0.2) is 22.2 Å². The van der Waals surface area contributed by atoms with Crippen LogP contribution in [0, 0.1) is 67.2 Å². The van der Waals surface area contributed by atoms with Gasteiger partial charge in [0.15, 0.2) is 0 Å². The van der Waals surface area contributed by atoms with E-state index < -0.39 is 11.9 Å². The number of carbonyl (C=O) groups is 2. The molecule has 2 rings (SSSR count). The fourth-order valence-corrected chi connectivity index (χ4v) is 3.38. The predicted octanol–water partition coefficient (Wildman–Crippen LogP) is 8.29. The molecule has 0 fully saturated rings. The minimum Gasteiger partial charge on any atom is -0.481 e. The fourth-order valence-electron chi connectivity index (χ4n) is 3.38. The Bertz CT molecular complexity index is 756. The summed E-state index contributed by atoms with van der Waals surface area (Å²) in [6.07, 6.45) is 3.48. The van der Waals surface area contributed by atoms with Gasteiger partial charge < -0.3 is 10.2 Å². The van der Waals surface area contributed by atoms with Gasteiger partial charge in [0.05, 0.1) is 11.8 Å². The van der Waals surface area contributed by atoms with E-state index in [2.05, 4.69) is 67.5 Å². The summed E-state index contributed by atoms with van der Waals surface area (Å²) in [4.78, 5) is 20.2. The molecule has 0 bridgehead atoms. The van der Waals surface area contributed by atoms with Crippen LogP contribution < -0.4 is 0 Å². The molecule has 0 aliphatic rings. The molecule has 0 saturated carbocycles. The third-order valence-electron chi connectivity index (χ3n) is 6.64. The van der Waals surface area contributed by atoms with Gasteiger partial charge in [-0.2, -0.15) is 50.6 Å². The van der Waals surface area contributed by atoms with Crippen LogP contribution in [0.4, 0.5) is 0 Å². The second-order valence-electron chi connectivity index (χ2n) is 9.58. The molecule has 2 aromatic carbocycles. The molecular weight excluding hydrogens is 480 g/mol. The number of aliphatic carboxylic acids is 2. The fraction of sp³-hybridized carbons (Fsp3) is 0.600. The van der Waals surface area contributed by atoms with Gasteiger partial charge >= 0.3 is 29.0 Å². The Kier molecular flexibility index (Phi) is 20.9. The van der Waals surface area contributed by atoms with E-state index in [1.165, 1.54) is 44.5 Å². The van der Waals surface area contributed by atoms with Gasteiger partial charge in [-0.3, -0.25) is 9.59 Å². The van der Waals surface area contributed by atoms with Crippen LogP contribution in [0.1, 0.15) is 97.9 Å². The second kappa shape index (κ2) is 19.4. The summed E-state index contributed by atoms with van der Waals surface area (Å²) in [6, 6.07) is 4.48. The summed E-state index contributed by atoms with van der Waals surface area (Å²) in [5.41, 5.74) is 11.5. The van der Waals surface area contributed by atoms with Crippen LogP contribution in [0.3, 0.4) is 0 Å². The van der Waals surface area contributed by atoms with Crippen molar-refractivity contribution in [3.8, 4) is 0 Å². The van der Waals surface area contributed by atoms with Crippen molar-refractivity contribution >= 4 is 11.9 Å². The summed E-state index contributed by atoms with van der Waals surface area (Å²) in [7, 11) is 0. The van der Waals surface area contributed by atoms with Gasteiger partial charge in [-0.1, -0.05) is 95.9 Å². The quantitative estimate of drug-likeness (QED) is 0.291. The van der Waals surface area contributed by atoms with Crippen LogP contribution in [0.25, 0.3) is 0 Å². The molecule has 0 spiro atoms. The molecule has 0 aliphatic heterocycles. The summed E-state index contributed by atoms with van der Waals surface area (Å²) in [6.45, 7) is 24.8. The van der Waals surface area contributed by atoms with Crippen molar-refractivity contribution in [3.63, 3.8) is 0 Å². The molecule has 2 unspecified atom stereocenters. The summed E-state index contributed by atoms with van der Waals surface area (Å²) >= 11 is 0. The molecule has 35 heavy (non-hydrogen) atoms. The summed E-state index contributed by atoms with van der Waals surface area (Å²) in [5.74, 6) is -1.71. The van der Waals surface area contributed by atoms with Crippen LogP contribution in [0.2, 0.25) is 0 Å². The molecule has 0 saturated heterocycles. The van der Waals surface area contributed by atoms with Crippen molar-refractivity contribution in [3.05, 3.63) is 56.6 Å². The molecule has 0 heterocycles. The van der Waals surface area contributed by atoms with Crippen LogP contribution in [0.15, 0.2) is 12.1 Å². The Hall–Kier alpha value is -1.84. The van der Waals surface area contributed by atoms with E-state index in [0.29, 0.717) is 0 Å². The van der Waals surface area contributed by atoms with E-state index in [4.69, 9.17) is 10.2 Å². The van der Waals surface area contributed by atoms with Crippen molar-refractivity contribution < 1.29 is 36.9 Å². The standard InChI is InChI=1S/2C9H13.2C6H12O2.Fe/c2*1-6-5-7(2)9(4)8(6)3;2*1-3-4-5(2)6(7)8;/h2*5H,1-4H3;2*5H,3-4H2,1-2H3,(H,7,8);/q2*-1;;;+2. The average Bonchev–Trinajstić information content (AvgIpc) is 3.12. The van der Waals surface area contributed by atoms with Crippen LogP contribution in [-0.2, 0) is 26.7 Å². The molecule has 5 heteroatoms. The minimum absolute atomic E-state index is 0. The summed E-state index contributed by atoms with van der Waals surface area (Å²) < 4.78 is 0. The van der Waals surface area contributed by atoms with Crippen molar-refractivity contribution in [1.82, 2.24) is 0 Å². The zero-order chi connectivity index (χ0) is 27.2. The van der Waals surface area contributed by atoms with Gasteiger partial charge in [0.2, 0.25) is 0 Å². The number of rotatable bonds is 6. The van der Waals surface area contributed by atoms with E-state index in [-0.39, 0.29) is 28.9 Å². The molecule has 202 valence electrons. The van der Waals surface area contributed by atoms with E-state index in [9.17, 15) is 9.59 Å². The normalized spacial score (nSPS) is 11.3. The first-order chi connectivity index (χ1) is 15.6. The molecule has 2 atom stereocenters. The third kappa shape index (κ3) is 15.0. The Labute approximate surface area is 225 Å². The van der Waals surface area contributed by atoms with E-state index in [1.807, 2.05) is 13.8 Å². The first kappa shape index (κ1) is 37.7. The number of carboxylic acid groups (broad SMARTS) is 2. The number of hydrogen-bond acceptors (Lipinski definition) is 2. The van der Waals surface area contributed by atoms with Crippen molar-refractivity contribution in [2.45, 2.75) is 109 Å². The van der Waals surface area contributed by atoms with Gasteiger partial charge in [0.25, 0.3) is 0 Å². The van der Waals surface area contributed by atoms with Gasteiger partial charge in [0.1, 0.15) is 0 Å². The molecule has 2 N–H and O–H groups in total. The van der Waals surface area contributed by atoms with Crippen LogP contribution >= 0.6 is 0 Å². The molecule has 0 amide bonds. The third-order valence-corrected chi connectivity index (χ3v) is 6.64. The maximum absolute atomic E-state index is 10.1. The molecule has 2 aromatic rings. The van der Waals surface area contributed by atoms with Gasteiger partial charge in [-0.25, -0.2) is 6.07 Å². The van der Waals surface area contributed by atoms with E-state index in [1.54, 1.807) is 13.8 Å². The van der Waals surface area contributed by atoms with E-state index in [0.717, 1.165) is 25.7 Å². The smallest absolute Gasteiger partial charge is 0.481 e. The summed E-state index contributed by atoms with van der Waals surface area (Å²) in [5, 5.41) is 16.6. The maximum atomic E-state index is 10.1. The zero-order valence-electron chi connectivity index (χ0n) is 24.2. The largest absolute Gasteiger partial charge is 2.00 e. The van der Waals surface area contributed by atoms with Gasteiger partial charge in [-0.05, 0) is 12.8 Å². The van der Waals surface area contributed by atoms with Crippen molar-refractivity contribution in [1.29, 1.82) is 0 Å². The topological polar surface area (TPSA) is 74.6 Å². The molecule has 0 radical (unpaired) electrons. The molecular formula is C30H50FeO4. The monoisotopic (exact) mass is 530 g/mol. The van der Waals surface area contributed by atoms with Crippen LogP contribution in [0.5, 0.6) is 0 Å². The number of hydrogen-bond donors (Lipinski definition) is 2. The van der Waals surface area contributed by atoms with Crippen molar-refractivity contribution in [2.24, 2.45) is 11.8 Å². The Balaban J connectivity index is -0.000000387. The molecule has 4 nitrogen and oxygen atoms in total. The molecule has 0 aliphatic carbocycles. The van der Waals surface area contributed by atoms with Crippen molar-refractivity contribution in [2.75, 3.05) is 0 Å². The zero-order valence-corrected chi connectivity index (χ0v) is 25.3. The number of aryl methyl sites for hydroxylation is 4. The van der Waals surface area contributed by atoms with Gasteiger partial charge in [0, 0.05) is 0 Å². The first-order valence-electron chi connectivity index (χ1n) is 12.5. The minimum atomic E-state index is -0.688. The van der Waals surface area contributed by atoms with E-state index >= 15 is 0 Å². The second-order valence-corrected chi connectivity index (χ2v) is 9.58. The SMILES string of the molecule is CCCC(C)C(=O)O.CCCC(C)C(=O)O.Cc1c[c-](C)c(C)c1C.Cc1cc(C)[c-](C)c1C.[Fe+2]. The first-order valence-corrected chi connectivity index (χ1v) is 12.5. The Morgan fingerprint density at radius 2 is 1.20 bits per heavy atom. The molecule has 0 aromatic heterocycles. The Morgan fingerprint density at radius 1 is 0.800 bits per heavy atom.